The van der Waals surface area contributed by atoms with Crippen molar-refractivity contribution in [3.8, 4) is 5.75 Å². The quantitative estimate of drug-likeness (QED) is 0.179. The molecule has 0 amide bonds. The van der Waals surface area contributed by atoms with Crippen LogP contribution in [-0.2, 0) is 20.7 Å². The summed E-state index contributed by atoms with van der Waals surface area (Å²) in [6.07, 6.45) is 1.74. The molecule has 180 valence electrons. The van der Waals surface area contributed by atoms with Crippen molar-refractivity contribution in [2.75, 3.05) is 31.8 Å². The minimum atomic E-state index is -0.393. The maximum absolute atomic E-state index is 11.1. The highest BCUT2D eigenvalue weighted by atomic mass is 35.5. The van der Waals surface area contributed by atoms with Gasteiger partial charge in [0.05, 0.1) is 13.7 Å². The van der Waals surface area contributed by atoms with Crippen LogP contribution in [0.5, 0.6) is 5.75 Å². The molecule has 0 unspecified atom stereocenters. The Kier molecular flexibility index (Phi) is 11.1. The van der Waals surface area contributed by atoms with E-state index in [1.807, 2.05) is 84.6 Å². The molecule has 3 aromatic rings. The molecule has 0 aliphatic carbocycles. The van der Waals surface area contributed by atoms with Crippen molar-refractivity contribution in [1.29, 1.82) is 0 Å². The summed E-state index contributed by atoms with van der Waals surface area (Å²) in [5.41, 5.74) is 3.07. The molecule has 3 aromatic carbocycles. The number of ether oxygens (including phenoxy) is 3. The lowest BCUT2D eigenvalue weighted by atomic mass is 10.0. The molecule has 0 N–H and O–H groups in total. The normalized spacial score (nSPS) is 10.9. The summed E-state index contributed by atoms with van der Waals surface area (Å²) in [5.74, 6) is 2.18. The number of benzene rings is 3. The van der Waals surface area contributed by atoms with Gasteiger partial charge in [-0.25, -0.2) is 4.79 Å². The van der Waals surface area contributed by atoms with Gasteiger partial charge in [-0.3, -0.25) is 0 Å². The first-order valence-corrected chi connectivity index (χ1v) is 13.0. The Balaban J connectivity index is 1.41. The lowest BCUT2D eigenvalue weighted by molar-refractivity contribution is -0.142. The molecule has 4 nitrogen and oxygen atoms in total. The van der Waals surface area contributed by atoms with E-state index in [0.29, 0.717) is 22.4 Å². The van der Waals surface area contributed by atoms with Crippen LogP contribution in [0, 0.1) is 0 Å². The molecule has 0 spiro atoms. The highest BCUT2D eigenvalue weighted by Crippen LogP contribution is 2.35. The van der Waals surface area contributed by atoms with Crippen LogP contribution in [0.25, 0.3) is 0 Å². The maximum atomic E-state index is 11.1. The molecule has 0 aromatic heterocycles. The molecule has 34 heavy (non-hydrogen) atoms. The number of rotatable bonds is 13. The Morgan fingerprint density at radius 2 is 1.50 bits per heavy atom. The molecule has 0 atom stereocenters. The number of thioether (sulfide) groups is 1. The van der Waals surface area contributed by atoms with Gasteiger partial charge in [0, 0.05) is 26.9 Å². The van der Waals surface area contributed by atoms with Gasteiger partial charge in [0.25, 0.3) is 0 Å². The molecule has 0 radical (unpaired) electrons. The van der Waals surface area contributed by atoms with E-state index in [2.05, 4.69) is 4.74 Å². The molecular formula is C27H28Cl2O4S. The summed E-state index contributed by atoms with van der Waals surface area (Å²) >= 11 is 14.8. The fraction of sp³-hybridized carbons (Fsp3) is 0.296. The second-order valence-electron chi connectivity index (χ2n) is 7.52. The maximum Gasteiger partial charge on any atom is 0.343 e. The second-order valence-corrected chi connectivity index (χ2v) is 9.56. The fourth-order valence-corrected chi connectivity index (χ4v) is 4.62. The second kappa shape index (κ2) is 14.3. The molecule has 7 heteroatoms. The lowest BCUT2D eigenvalue weighted by Crippen LogP contribution is -2.12. The average Bonchev–Trinajstić information content (AvgIpc) is 2.86. The van der Waals surface area contributed by atoms with E-state index in [0.717, 1.165) is 35.5 Å². The van der Waals surface area contributed by atoms with Gasteiger partial charge >= 0.3 is 5.97 Å². The zero-order valence-electron chi connectivity index (χ0n) is 19.0. The zero-order chi connectivity index (χ0) is 24.2. The molecule has 0 saturated heterocycles. The zero-order valence-corrected chi connectivity index (χ0v) is 21.4. The summed E-state index contributed by atoms with van der Waals surface area (Å²) in [5, 5.41) is 1.34. The number of carbonyl (C=O) groups excluding carboxylic acids is 1. The first-order chi connectivity index (χ1) is 16.6. The smallest absolute Gasteiger partial charge is 0.343 e. The molecule has 0 bridgehead atoms. The van der Waals surface area contributed by atoms with Gasteiger partial charge in [0.2, 0.25) is 0 Å². The Morgan fingerprint density at radius 3 is 2.09 bits per heavy atom. The minimum Gasteiger partial charge on any atom is -0.482 e. The van der Waals surface area contributed by atoms with E-state index in [9.17, 15) is 4.79 Å². The van der Waals surface area contributed by atoms with Gasteiger partial charge in [0.15, 0.2) is 6.61 Å². The molecule has 0 heterocycles. The van der Waals surface area contributed by atoms with Crippen LogP contribution in [0.4, 0.5) is 0 Å². The van der Waals surface area contributed by atoms with E-state index in [-0.39, 0.29) is 12.7 Å². The Bertz CT molecular complexity index is 997. The van der Waals surface area contributed by atoms with Gasteiger partial charge in [-0.05, 0) is 48.4 Å². The highest BCUT2D eigenvalue weighted by Gasteiger charge is 2.19. The van der Waals surface area contributed by atoms with Gasteiger partial charge in [-0.15, -0.1) is 0 Å². The van der Waals surface area contributed by atoms with Crippen LogP contribution in [0.15, 0.2) is 72.8 Å². The monoisotopic (exact) mass is 518 g/mol. The summed E-state index contributed by atoms with van der Waals surface area (Å²) < 4.78 is 16.2. The third kappa shape index (κ3) is 8.24. The molecule has 3 rings (SSSR count). The van der Waals surface area contributed by atoms with Crippen molar-refractivity contribution in [3.05, 3.63) is 99.5 Å². The summed E-state index contributed by atoms with van der Waals surface area (Å²) in [7, 11) is 1.34. The van der Waals surface area contributed by atoms with Crippen LogP contribution >= 0.6 is 35.0 Å². The highest BCUT2D eigenvalue weighted by molar-refractivity contribution is 7.99. The summed E-state index contributed by atoms with van der Waals surface area (Å²) in [4.78, 5) is 11.1. The largest absolute Gasteiger partial charge is 0.482 e. The SMILES string of the molecule is COC(=O)COc1ccc(CCCSCCOC(c2ccccc2Cl)c2ccccc2Cl)cc1. The number of aryl methyl sites for hydroxylation is 1. The number of esters is 1. The Hall–Kier alpha value is -2.18. The topological polar surface area (TPSA) is 44.8 Å². The number of hydrogen-bond donors (Lipinski definition) is 0. The van der Waals surface area contributed by atoms with Crippen LogP contribution in [0.2, 0.25) is 10.0 Å². The lowest BCUT2D eigenvalue weighted by Gasteiger charge is -2.21. The first kappa shape index (κ1) is 26.4. The van der Waals surface area contributed by atoms with Gasteiger partial charge in [0.1, 0.15) is 11.9 Å². The molecule has 0 fully saturated rings. The van der Waals surface area contributed by atoms with E-state index in [1.54, 1.807) is 0 Å². The Labute approximate surface area is 215 Å². The third-order valence-electron chi connectivity index (χ3n) is 5.15. The fourth-order valence-electron chi connectivity index (χ4n) is 3.38. The molecular weight excluding hydrogens is 491 g/mol. The van der Waals surface area contributed by atoms with Gasteiger partial charge < -0.3 is 14.2 Å². The molecule has 0 saturated carbocycles. The van der Waals surface area contributed by atoms with E-state index >= 15 is 0 Å². The summed E-state index contributed by atoms with van der Waals surface area (Å²) in [6.45, 7) is 0.514. The standard InChI is InChI=1S/C27H28Cl2O4S/c1-31-26(30)19-33-21-14-12-20(13-15-21)7-6-17-34-18-16-32-27(22-8-2-4-10-24(22)28)23-9-3-5-11-25(23)29/h2-5,8-15,27H,6-7,16-19H2,1H3. The van der Waals surface area contributed by atoms with Crippen molar-refractivity contribution in [3.63, 3.8) is 0 Å². The first-order valence-electron chi connectivity index (χ1n) is 11.0. The number of carbonyl (C=O) groups is 1. The molecule has 0 aliphatic rings. The third-order valence-corrected chi connectivity index (χ3v) is 6.87. The van der Waals surface area contributed by atoms with Crippen LogP contribution in [-0.4, -0.2) is 37.8 Å². The van der Waals surface area contributed by atoms with E-state index < -0.39 is 5.97 Å². The van der Waals surface area contributed by atoms with Gasteiger partial charge in [-0.1, -0.05) is 71.7 Å². The van der Waals surface area contributed by atoms with E-state index in [1.165, 1.54) is 12.7 Å². The van der Waals surface area contributed by atoms with Gasteiger partial charge in [-0.2, -0.15) is 11.8 Å². The van der Waals surface area contributed by atoms with Crippen molar-refractivity contribution in [2.45, 2.75) is 18.9 Å². The van der Waals surface area contributed by atoms with E-state index in [4.69, 9.17) is 32.7 Å². The number of methoxy groups -OCH3 is 1. The van der Waals surface area contributed by atoms with Crippen molar-refractivity contribution < 1.29 is 19.0 Å². The summed E-state index contributed by atoms with van der Waals surface area (Å²) in [6, 6.07) is 23.3. The predicted molar refractivity (Wildman–Crippen MR) is 140 cm³/mol. The van der Waals surface area contributed by atoms with Crippen molar-refractivity contribution in [1.82, 2.24) is 0 Å². The Morgan fingerprint density at radius 1 is 0.882 bits per heavy atom. The van der Waals surface area contributed by atoms with Crippen LogP contribution < -0.4 is 4.74 Å². The number of halogens is 2. The number of hydrogen-bond acceptors (Lipinski definition) is 5. The van der Waals surface area contributed by atoms with Crippen molar-refractivity contribution >= 4 is 40.9 Å². The average molecular weight is 519 g/mol. The molecule has 0 aliphatic heterocycles. The predicted octanol–water partition coefficient (Wildman–Crippen LogP) is 7.02. The van der Waals surface area contributed by atoms with Crippen molar-refractivity contribution in [2.24, 2.45) is 0 Å². The van der Waals surface area contributed by atoms with Crippen LogP contribution in [0.3, 0.4) is 0 Å². The minimum absolute atomic E-state index is 0.0810. The van der Waals surface area contributed by atoms with Crippen LogP contribution in [0.1, 0.15) is 29.2 Å².